The molecule has 0 heterocycles. The molecule has 0 fully saturated rings. The van der Waals surface area contributed by atoms with Crippen LogP contribution in [0.1, 0.15) is 46.2 Å². The van der Waals surface area contributed by atoms with E-state index >= 15 is 0 Å². The molecule has 20 heavy (non-hydrogen) atoms. The van der Waals surface area contributed by atoms with Gasteiger partial charge in [0.15, 0.2) is 0 Å². The van der Waals surface area contributed by atoms with E-state index in [1.807, 2.05) is 39.5 Å². The first-order valence-corrected chi connectivity index (χ1v) is 7.15. The van der Waals surface area contributed by atoms with Gasteiger partial charge in [-0.25, -0.2) is 4.39 Å². The maximum absolute atomic E-state index is 13.0. The molecule has 1 N–H and O–H groups in total. The number of halogens is 1. The van der Waals surface area contributed by atoms with Crippen molar-refractivity contribution in [3.63, 3.8) is 0 Å². The summed E-state index contributed by atoms with van der Waals surface area (Å²) in [5, 5.41) is 3.20. The van der Waals surface area contributed by atoms with Gasteiger partial charge < -0.3 is 10.2 Å². The van der Waals surface area contributed by atoms with Crippen LogP contribution in [0.4, 0.5) is 4.39 Å². The van der Waals surface area contributed by atoms with Crippen molar-refractivity contribution in [2.45, 2.75) is 46.2 Å². The third-order valence-corrected chi connectivity index (χ3v) is 3.57. The Bertz CT molecular complexity index is 442. The molecule has 0 bridgehead atoms. The van der Waals surface area contributed by atoms with E-state index in [-0.39, 0.29) is 17.8 Å². The summed E-state index contributed by atoms with van der Waals surface area (Å²) in [6, 6.07) is 6.25. The highest BCUT2D eigenvalue weighted by atomic mass is 19.1. The van der Waals surface area contributed by atoms with Gasteiger partial charge in [0.25, 0.3) is 0 Å². The fourth-order valence-electron chi connectivity index (χ4n) is 2.39. The first kappa shape index (κ1) is 16.6. The van der Waals surface area contributed by atoms with Crippen molar-refractivity contribution in [1.82, 2.24) is 10.2 Å². The van der Waals surface area contributed by atoms with Gasteiger partial charge in [-0.2, -0.15) is 0 Å². The minimum atomic E-state index is -0.598. The summed E-state index contributed by atoms with van der Waals surface area (Å²) in [4.78, 5) is 14.5. The summed E-state index contributed by atoms with van der Waals surface area (Å²) in [7, 11) is 0. The summed E-state index contributed by atoms with van der Waals surface area (Å²) in [5.74, 6) is -0.207. The molecule has 0 saturated heterocycles. The Labute approximate surface area is 121 Å². The van der Waals surface area contributed by atoms with Crippen molar-refractivity contribution in [1.29, 1.82) is 0 Å². The lowest BCUT2D eigenvalue weighted by Gasteiger charge is -2.36. The Morgan fingerprint density at radius 2 is 1.85 bits per heavy atom. The highest BCUT2D eigenvalue weighted by Crippen LogP contribution is 2.23. The molecule has 1 aromatic rings. The number of nitrogens with zero attached hydrogens (tertiary/aromatic N) is 1. The monoisotopic (exact) mass is 280 g/mol. The Morgan fingerprint density at radius 3 is 2.30 bits per heavy atom. The molecular weight excluding hydrogens is 255 g/mol. The predicted molar refractivity (Wildman–Crippen MR) is 80.0 cm³/mol. The standard InChI is InChI=1S/C16H25FN2O/c1-6-18-16(4,5)15(20)19(7-2)12(3)13-8-10-14(17)11-9-13/h8-12,18H,6-7H2,1-5H3. The van der Waals surface area contributed by atoms with Crippen LogP contribution < -0.4 is 5.32 Å². The van der Waals surface area contributed by atoms with Gasteiger partial charge in [-0.3, -0.25) is 4.79 Å². The first-order valence-electron chi connectivity index (χ1n) is 7.15. The maximum atomic E-state index is 13.0. The van der Waals surface area contributed by atoms with Crippen LogP contribution in [-0.4, -0.2) is 29.4 Å². The van der Waals surface area contributed by atoms with Gasteiger partial charge in [0.2, 0.25) is 5.91 Å². The Morgan fingerprint density at radius 1 is 1.30 bits per heavy atom. The van der Waals surface area contributed by atoms with Gasteiger partial charge in [0.05, 0.1) is 11.6 Å². The van der Waals surface area contributed by atoms with E-state index in [4.69, 9.17) is 0 Å². The number of amides is 1. The molecule has 1 rings (SSSR count). The Kier molecular flexibility index (Phi) is 5.69. The zero-order chi connectivity index (χ0) is 15.3. The minimum Gasteiger partial charge on any atom is -0.335 e. The summed E-state index contributed by atoms with van der Waals surface area (Å²) >= 11 is 0. The van der Waals surface area contributed by atoms with Crippen LogP contribution in [0.3, 0.4) is 0 Å². The van der Waals surface area contributed by atoms with Crippen molar-refractivity contribution in [2.24, 2.45) is 0 Å². The van der Waals surface area contributed by atoms with Gasteiger partial charge in [-0.15, -0.1) is 0 Å². The molecule has 0 radical (unpaired) electrons. The number of nitrogens with one attached hydrogen (secondary N) is 1. The van der Waals surface area contributed by atoms with Crippen LogP contribution in [0.2, 0.25) is 0 Å². The second-order valence-electron chi connectivity index (χ2n) is 5.47. The molecule has 1 amide bonds. The zero-order valence-corrected chi connectivity index (χ0v) is 13.0. The van der Waals surface area contributed by atoms with Gasteiger partial charge in [-0.05, 0) is 51.9 Å². The molecule has 1 atom stereocenters. The van der Waals surface area contributed by atoms with Crippen LogP contribution >= 0.6 is 0 Å². The third-order valence-electron chi connectivity index (χ3n) is 3.57. The number of hydrogen-bond acceptors (Lipinski definition) is 2. The second-order valence-corrected chi connectivity index (χ2v) is 5.47. The molecular formula is C16H25FN2O. The molecule has 4 heteroatoms. The van der Waals surface area contributed by atoms with E-state index in [2.05, 4.69) is 5.32 Å². The SMILES string of the molecule is CCNC(C)(C)C(=O)N(CC)C(C)c1ccc(F)cc1. The lowest BCUT2D eigenvalue weighted by Crippen LogP contribution is -2.54. The number of carbonyl (C=O) groups excluding carboxylic acids is 1. The predicted octanol–water partition coefficient (Wildman–Crippen LogP) is 3.12. The lowest BCUT2D eigenvalue weighted by atomic mass is 10.00. The van der Waals surface area contributed by atoms with Crippen LogP contribution in [0.25, 0.3) is 0 Å². The van der Waals surface area contributed by atoms with Crippen molar-refractivity contribution >= 4 is 5.91 Å². The lowest BCUT2D eigenvalue weighted by molar-refractivity contribution is -0.139. The normalized spacial score (nSPS) is 13.1. The summed E-state index contributed by atoms with van der Waals surface area (Å²) < 4.78 is 13.0. The van der Waals surface area contributed by atoms with Crippen molar-refractivity contribution in [3.8, 4) is 0 Å². The smallest absolute Gasteiger partial charge is 0.242 e. The fourth-order valence-corrected chi connectivity index (χ4v) is 2.39. The molecule has 1 unspecified atom stereocenters. The fraction of sp³-hybridized carbons (Fsp3) is 0.562. The van der Waals surface area contributed by atoms with Crippen LogP contribution in [-0.2, 0) is 4.79 Å². The number of hydrogen-bond donors (Lipinski definition) is 1. The topological polar surface area (TPSA) is 32.3 Å². The molecule has 1 aromatic carbocycles. The second kappa shape index (κ2) is 6.84. The molecule has 0 spiro atoms. The molecule has 3 nitrogen and oxygen atoms in total. The highest BCUT2D eigenvalue weighted by Gasteiger charge is 2.32. The number of likely N-dealkylation sites (N-methyl/N-ethyl adjacent to an activating group) is 2. The first-order chi connectivity index (χ1) is 9.33. The average molecular weight is 280 g/mol. The van der Waals surface area contributed by atoms with E-state index in [0.29, 0.717) is 6.54 Å². The summed E-state index contributed by atoms with van der Waals surface area (Å²) in [6.45, 7) is 11.0. The van der Waals surface area contributed by atoms with E-state index in [9.17, 15) is 9.18 Å². The van der Waals surface area contributed by atoms with Crippen molar-refractivity contribution in [2.75, 3.05) is 13.1 Å². The Balaban J connectivity index is 2.95. The van der Waals surface area contributed by atoms with E-state index in [1.54, 1.807) is 12.1 Å². The molecule has 112 valence electrons. The van der Waals surface area contributed by atoms with Crippen LogP contribution in [0.15, 0.2) is 24.3 Å². The van der Waals surface area contributed by atoms with E-state index in [1.165, 1.54) is 12.1 Å². The van der Waals surface area contributed by atoms with Gasteiger partial charge in [0, 0.05) is 6.54 Å². The average Bonchev–Trinajstić information content (AvgIpc) is 2.40. The maximum Gasteiger partial charge on any atom is 0.242 e. The minimum absolute atomic E-state index is 0.0543. The Hall–Kier alpha value is -1.42. The van der Waals surface area contributed by atoms with Crippen LogP contribution in [0.5, 0.6) is 0 Å². The molecule has 0 aliphatic carbocycles. The number of benzene rings is 1. The van der Waals surface area contributed by atoms with Gasteiger partial charge in [0.1, 0.15) is 5.82 Å². The number of rotatable bonds is 6. The van der Waals surface area contributed by atoms with Crippen LogP contribution in [0, 0.1) is 5.82 Å². The zero-order valence-electron chi connectivity index (χ0n) is 13.0. The van der Waals surface area contributed by atoms with Crippen molar-refractivity contribution < 1.29 is 9.18 Å². The quantitative estimate of drug-likeness (QED) is 0.868. The van der Waals surface area contributed by atoms with Gasteiger partial charge >= 0.3 is 0 Å². The van der Waals surface area contributed by atoms with Crippen molar-refractivity contribution in [3.05, 3.63) is 35.6 Å². The summed E-state index contributed by atoms with van der Waals surface area (Å²) in [6.07, 6.45) is 0. The molecule has 0 aliphatic heterocycles. The van der Waals surface area contributed by atoms with E-state index < -0.39 is 5.54 Å². The number of carbonyl (C=O) groups is 1. The molecule has 0 saturated carbocycles. The highest BCUT2D eigenvalue weighted by molar-refractivity contribution is 5.85. The van der Waals surface area contributed by atoms with E-state index in [0.717, 1.165) is 12.1 Å². The third kappa shape index (κ3) is 3.79. The largest absolute Gasteiger partial charge is 0.335 e. The molecule has 0 aliphatic rings. The summed E-state index contributed by atoms with van der Waals surface area (Å²) in [5.41, 5.74) is 0.341. The van der Waals surface area contributed by atoms with Gasteiger partial charge in [-0.1, -0.05) is 19.1 Å². The molecule has 0 aromatic heterocycles.